The van der Waals surface area contributed by atoms with E-state index in [1.807, 2.05) is 14.0 Å². The van der Waals surface area contributed by atoms with Crippen molar-refractivity contribution < 1.29 is 9.53 Å². The van der Waals surface area contributed by atoms with E-state index in [1.165, 1.54) is 32.1 Å². The lowest BCUT2D eigenvalue weighted by Crippen LogP contribution is -2.36. The molecule has 1 aromatic heterocycles. The molecule has 5 nitrogen and oxygen atoms in total. The van der Waals surface area contributed by atoms with Crippen molar-refractivity contribution in [3.8, 4) is 0 Å². The highest BCUT2D eigenvalue weighted by Crippen LogP contribution is 2.33. The van der Waals surface area contributed by atoms with Gasteiger partial charge in [0.25, 0.3) is 0 Å². The fourth-order valence-corrected chi connectivity index (χ4v) is 3.69. The van der Waals surface area contributed by atoms with Crippen molar-refractivity contribution >= 4 is 11.7 Å². The standard InChI is InChI=1S/C17H27N3O2/c1-12-14(9-6-10-22-12)17(21)18-16-11-15(19-20(16)2)13-7-4-3-5-8-13/h11-14H,3-10H2,1-2H3,(H,18,21). The summed E-state index contributed by atoms with van der Waals surface area (Å²) in [5, 5.41) is 7.67. The summed E-state index contributed by atoms with van der Waals surface area (Å²) in [5.74, 6) is 1.37. The van der Waals surface area contributed by atoms with Gasteiger partial charge in [-0.15, -0.1) is 0 Å². The quantitative estimate of drug-likeness (QED) is 0.933. The Morgan fingerprint density at radius 3 is 2.77 bits per heavy atom. The molecule has 122 valence electrons. The number of amides is 1. The van der Waals surface area contributed by atoms with Crippen LogP contribution in [0.25, 0.3) is 0 Å². The van der Waals surface area contributed by atoms with Gasteiger partial charge in [0, 0.05) is 25.6 Å². The SMILES string of the molecule is CC1OCCCC1C(=O)Nc1cc(C2CCCCC2)nn1C. The zero-order valence-corrected chi connectivity index (χ0v) is 13.7. The predicted octanol–water partition coefficient (Wildman–Crippen LogP) is 3.22. The van der Waals surface area contributed by atoms with Gasteiger partial charge in [0.15, 0.2) is 0 Å². The largest absolute Gasteiger partial charge is 0.378 e. The summed E-state index contributed by atoms with van der Waals surface area (Å²) in [5.41, 5.74) is 1.13. The number of carbonyl (C=O) groups is 1. The van der Waals surface area contributed by atoms with Crippen LogP contribution in [0.1, 0.15) is 63.5 Å². The third-order valence-electron chi connectivity index (χ3n) is 5.12. The Kier molecular flexibility index (Phi) is 4.81. The van der Waals surface area contributed by atoms with E-state index in [-0.39, 0.29) is 17.9 Å². The maximum absolute atomic E-state index is 12.5. The first-order chi connectivity index (χ1) is 10.6. The van der Waals surface area contributed by atoms with Gasteiger partial charge in [-0.05, 0) is 32.6 Å². The number of hydrogen-bond donors (Lipinski definition) is 1. The van der Waals surface area contributed by atoms with E-state index < -0.39 is 0 Å². The first kappa shape index (κ1) is 15.5. The molecule has 0 radical (unpaired) electrons. The zero-order chi connectivity index (χ0) is 15.5. The van der Waals surface area contributed by atoms with Gasteiger partial charge in [-0.2, -0.15) is 5.10 Å². The van der Waals surface area contributed by atoms with Crippen molar-refractivity contribution in [1.82, 2.24) is 9.78 Å². The van der Waals surface area contributed by atoms with Crippen LogP contribution in [-0.4, -0.2) is 28.4 Å². The molecule has 0 spiro atoms. The molecule has 0 aromatic carbocycles. The summed E-state index contributed by atoms with van der Waals surface area (Å²) in [6.45, 7) is 2.75. The monoisotopic (exact) mass is 305 g/mol. The zero-order valence-electron chi connectivity index (χ0n) is 13.7. The molecular weight excluding hydrogens is 278 g/mol. The molecule has 2 fully saturated rings. The van der Waals surface area contributed by atoms with Crippen LogP contribution < -0.4 is 5.32 Å². The molecule has 1 aliphatic heterocycles. The fourth-order valence-electron chi connectivity index (χ4n) is 3.69. The Labute approximate surface area is 132 Å². The lowest BCUT2D eigenvalue weighted by Gasteiger charge is -2.27. The Hall–Kier alpha value is -1.36. The Morgan fingerprint density at radius 2 is 2.05 bits per heavy atom. The van der Waals surface area contributed by atoms with Gasteiger partial charge in [-0.1, -0.05) is 19.3 Å². The lowest BCUT2D eigenvalue weighted by atomic mass is 9.87. The van der Waals surface area contributed by atoms with E-state index in [0.29, 0.717) is 5.92 Å². The molecule has 1 aliphatic carbocycles. The third-order valence-corrected chi connectivity index (χ3v) is 5.12. The molecule has 1 saturated heterocycles. The summed E-state index contributed by atoms with van der Waals surface area (Å²) in [4.78, 5) is 12.5. The molecule has 1 N–H and O–H groups in total. The van der Waals surface area contributed by atoms with Gasteiger partial charge >= 0.3 is 0 Å². The van der Waals surface area contributed by atoms with E-state index in [2.05, 4.69) is 16.5 Å². The van der Waals surface area contributed by atoms with Crippen molar-refractivity contribution in [3.05, 3.63) is 11.8 Å². The number of aromatic nitrogens is 2. The van der Waals surface area contributed by atoms with Crippen molar-refractivity contribution in [3.63, 3.8) is 0 Å². The Balaban J connectivity index is 1.66. The molecule has 1 amide bonds. The second-order valence-electron chi connectivity index (χ2n) is 6.73. The number of aryl methyl sites for hydroxylation is 1. The summed E-state index contributed by atoms with van der Waals surface area (Å²) < 4.78 is 7.40. The normalized spacial score (nSPS) is 26.8. The van der Waals surface area contributed by atoms with Crippen molar-refractivity contribution in [1.29, 1.82) is 0 Å². The maximum Gasteiger partial charge on any atom is 0.231 e. The number of ether oxygens (including phenoxy) is 1. The first-order valence-electron chi connectivity index (χ1n) is 8.61. The first-order valence-corrected chi connectivity index (χ1v) is 8.61. The van der Waals surface area contributed by atoms with Gasteiger partial charge in [0.05, 0.1) is 17.7 Å². The van der Waals surface area contributed by atoms with Crippen molar-refractivity contribution in [2.24, 2.45) is 13.0 Å². The second kappa shape index (κ2) is 6.82. The smallest absolute Gasteiger partial charge is 0.231 e. The van der Waals surface area contributed by atoms with E-state index in [1.54, 1.807) is 4.68 Å². The molecule has 0 bridgehead atoms. The summed E-state index contributed by atoms with van der Waals surface area (Å²) in [7, 11) is 1.91. The molecule has 2 unspecified atom stereocenters. The van der Waals surface area contributed by atoms with E-state index >= 15 is 0 Å². The number of carbonyl (C=O) groups excluding carboxylic acids is 1. The van der Waals surface area contributed by atoms with Crippen LogP contribution in [0.15, 0.2) is 6.07 Å². The van der Waals surface area contributed by atoms with Gasteiger partial charge < -0.3 is 10.1 Å². The molecule has 2 heterocycles. The van der Waals surface area contributed by atoms with Crippen LogP contribution in [0.2, 0.25) is 0 Å². The van der Waals surface area contributed by atoms with Crippen LogP contribution in [0.5, 0.6) is 0 Å². The van der Waals surface area contributed by atoms with Crippen LogP contribution in [0, 0.1) is 5.92 Å². The van der Waals surface area contributed by atoms with Crippen LogP contribution in [-0.2, 0) is 16.6 Å². The average Bonchev–Trinajstić information content (AvgIpc) is 2.89. The number of nitrogens with one attached hydrogen (secondary N) is 1. The topological polar surface area (TPSA) is 56.1 Å². The summed E-state index contributed by atoms with van der Waals surface area (Å²) >= 11 is 0. The van der Waals surface area contributed by atoms with E-state index in [4.69, 9.17) is 4.74 Å². The Morgan fingerprint density at radius 1 is 1.27 bits per heavy atom. The van der Waals surface area contributed by atoms with Crippen molar-refractivity contribution in [2.75, 3.05) is 11.9 Å². The number of anilines is 1. The van der Waals surface area contributed by atoms with Crippen LogP contribution in [0.4, 0.5) is 5.82 Å². The molecule has 2 atom stereocenters. The lowest BCUT2D eigenvalue weighted by molar-refractivity contribution is -0.127. The summed E-state index contributed by atoms with van der Waals surface area (Å²) in [6, 6.07) is 2.06. The maximum atomic E-state index is 12.5. The molecule has 1 saturated carbocycles. The number of hydrogen-bond acceptors (Lipinski definition) is 3. The minimum absolute atomic E-state index is 0.000192. The van der Waals surface area contributed by atoms with E-state index in [9.17, 15) is 4.79 Å². The minimum atomic E-state index is -0.0539. The summed E-state index contributed by atoms with van der Waals surface area (Å²) in [6.07, 6.45) is 8.23. The average molecular weight is 305 g/mol. The second-order valence-corrected chi connectivity index (χ2v) is 6.73. The molecule has 22 heavy (non-hydrogen) atoms. The highest BCUT2D eigenvalue weighted by Gasteiger charge is 2.29. The molecular formula is C17H27N3O2. The number of rotatable bonds is 3. The van der Waals surface area contributed by atoms with Gasteiger partial charge in [0.1, 0.15) is 5.82 Å². The highest BCUT2D eigenvalue weighted by atomic mass is 16.5. The van der Waals surface area contributed by atoms with Crippen LogP contribution in [0.3, 0.4) is 0 Å². The van der Waals surface area contributed by atoms with Crippen molar-refractivity contribution in [2.45, 2.75) is 63.9 Å². The number of nitrogens with zero attached hydrogens (tertiary/aromatic N) is 2. The minimum Gasteiger partial charge on any atom is -0.378 e. The third kappa shape index (κ3) is 3.35. The molecule has 3 rings (SSSR count). The molecule has 1 aromatic rings. The van der Waals surface area contributed by atoms with Gasteiger partial charge in [-0.25, -0.2) is 0 Å². The highest BCUT2D eigenvalue weighted by molar-refractivity contribution is 5.92. The van der Waals surface area contributed by atoms with Crippen LogP contribution >= 0.6 is 0 Å². The molecule has 2 aliphatic rings. The Bertz CT molecular complexity index is 520. The van der Waals surface area contributed by atoms with Gasteiger partial charge in [0.2, 0.25) is 5.91 Å². The molecule has 5 heteroatoms. The van der Waals surface area contributed by atoms with E-state index in [0.717, 1.165) is 31.0 Å². The fraction of sp³-hybridized carbons (Fsp3) is 0.765. The van der Waals surface area contributed by atoms with Gasteiger partial charge in [-0.3, -0.25) is 9.48 Å². The predicted molar refractivity (Wildman–Crippen MR) is 85.8 cm³/mol.